The van der Waals surface area contributed by atoms with Crippen molar-refractivity contribution in [3.8, 4) is 0 Å². The SMILES string of the molecule is CCCCCCn1c(=O)ccc2cc([N+](=O)[O-])ccc21. The van der Waals surface area contributed by atoms with Crippen LogP contribution >= 0.6 is 0 Å². The van der Waals surface area contributed by atoms with Gasteiger partial charge in [-0.25, -0.2) is 0 Å². The average molecular weight is 274 g/mol. The quantitative estimate of drug-likeness (QED) is 0.460. The van der Waals surface area contributed by atoms with Crippen LogP contribution in [0.5, 0.6) is 0 Å². The summed E-state index contributed by atoms with van der Waals surface area (Å²) in [6, 6.07) is 7.75. The van der Waals surface area contributed by atoms with Crippen molar-refractivity contribution in [3.05, 3.63) is 50.8 Å². The van der Waals surface area contributed by atoms with Crippen LogP contribution in [0.2, 0.25) is 0 Å². The summed E-state index contributed by atoms with van der Waals surface area (Å²) in [6.45, 7) is 2.80. The Kier molecular flexibility index (Phi) is 4.50. The second kappa shape index (κ2) is 6.32. The van der Waals surface area contributed by atoms with E-state index in [0.29, 0.717) is 6.54 Å². The molecule has 0 amide bonds. The van der Waals surface area contributed by atoms with E-state index in [4.69, 9.17) is 0 Å². The van der Waals surface area contributed by atoms with Crippen molar-refractivity contribution in [3.63, 3.8) is 0 Å². The van der Waals surface area contributed by atoms with Crippen LogP contribution in [0.25, 0.3) is 10.9 Å². The number of fused-ring (bicyclic) bond motifs is 1. The Balaban J connectivity index is 2.35. The second-order valence-corrected chi connectivity index (χ2v) is 4.88. The van der Waals surface area contributed by atoms with Gasteiger partial charge in [0.05, 0.1) is 10.4 Å². The third-order valence-electron chi connectivity index (χ3n) is 3.42. The van der Waals surface area contributed by atoms with Gasteiger partial charge in [-0.3, -0.25) is 14.9 Å². The molecule has 1 heterocycles. The van der Waals surface area contributed by atoms with Crippen molar-refractivity contribution >= 4 is 16.6 Å². The minimum absolute atomic E-state index is 0.0497. The van der Waals surface area contributed by atoms with Crippen molar-refractivity contribution < 1.29 is 4.92 Å². The molecule has 0 aliphatic heterocycles. The van der Waals surface area contributed by atoms with Gasteiger partial charge in [-0.15, -0.1) is 0 Å². The number of hydrogen-bond acceptors (Lipinski definition) is 3. The Morgan fingerprint density at radius 1 is 1.15 bits per heavy atom. The lowest BCUT2D eigenvalue weighted by atomic mass is 10.1. The first-order valence-corrected chi connectivity index (χ1v) is 6.91. The van der Waals surface area contributed by atoms with E-state index in [1.54, 1.807) is 16.7 Å². The standard InChI is InChI=1S/C15H18N2O3/c1-2-3-4-5-10-16-14-8-7-13(17(19)20)11-12(14)6-9-15(16)18/h6-9,11H,2-5,10H2,1H3. The number of rotatable bonds is 6. The Morgan fingerprint density at radius 3 is 2.65 bits per heavy atom. The van der Waals surface area contributed by atoms with Crippen LogP contribution in [0.4, 0.5) is 5.69 Å². The van der Waals surface area contributed by atoms with Crippen LogP contribution < -0.4 is 5.56 Å². The van der Waals surface area contributed by atoms with Crippen LogP contribution in [0.3, 0.4) is 0 Å². The van der Waals surface area contributed by atoms with Crippen LogP contribution in [0.1, 0.15) is 32.6 Å². The van der Waals surface area contributed by atoms with Crippen molar-refractivity contribution in [2.45, 2.75) is 39.2 Å². The molecule has 0 N–H and O–H groups in total. The van der Waals surface area contributed by atoms with Gasteiger partial charge in [0.2, 0.25) is 0 Å². The van der Waals surface area contributed by atoms with Gasteiger partial charge in [0, 0.05) is 30.1 Å². The fourth-order valence-electron chi connectivity index (χ4n) is 2.33. The predicted octanol–water partition coefficient (Wildman–Crippen LogP) is 3.49. The summed E-state index contributed by atoms with van der Waals surface area (Å²) < 4.78 is 1.70. The normalized spacial score (nSPS) is 10.8. The molecule has 106 valence electrons. The molecule has 2 aromatic rings. The number of pyridine rings is 1. The third kappa shape index (κ3) is 3.04. The molecule has 0 bridgehead atoms. The molecule has 0 fully saturated rings. The monoisotopic (exact) mass is 274 g/mol. The van der Waals surface area contributed by atoms with E-state index in [1.807, 2.05) is 0 Å². The Labute approximate surface area is 117 Å². The van der Waals surface area contributed by atoms with Gasteiger partial charge in [0.15, 0.2) is 0 Å². The molecule has 0 spiro atoms. The molecule has 0 atom stereocenters. The number of benzene rings is 1. The summed E-state index contributed by atoms with van der Waals surface area (Å²) in [5, 5.41) is 11.5. The lowest BCUT2D eigenvalue weighted by molar-refractivity contribution is -0.384. The number of hydrogen-bond donors (Lipinski definition) is 0. The van der Waals surface area contributed by atoms with Gasteiger partial charge in [-0.1, -0.05) is 26.2 Å². The first-order valence-electron chi connectivity index (χ1n) is 6.91. The maximum Gasteiger partial charge on any atom is 0.270 e. The van der Waals surface area contributed by atoms with Gasteiger partial charge in [0.1, 0.15) is 0 Å². The lowest BCUT2D eigenvalue weighted by Gasteiger charge is -2.09. The van der Waals surface area contributed by atoms with Gasteiger partial charge in [0.25, 0.3) is 11.2 Å². The fourth-order valence-corrected chi connectivity index (χ4v) is 2.33. The topological polar surface area (TPSA) is 65.1 Å². The molecular formula is C15H18N2O3. The van der Waals surface area contributed by atoms with Crippen LogP contribution in [0.15, 0.2) is 35.1 Å². The molecule has 0 saturated carbocycles. The average Bonchev–Trinajstić information content (AvgIpc) is 2.44. The van der Waals surface area contributed by atoms with Gasteiger partial charge >= 0.3 is 0 Å². The van der Waals surface area contributed by atoms with Crippen molar-refractivity contribution in [1.82, 2.24) is 4.57 Å². The highest BCUT2D eigenvalue weighted by molar-refractivity contribution is 5.81. The van der Waals surface area contributed by atoms with E-state index < -0.39 is 4.92 Å². The third-order valence-corrected chi connectivity index (χ3v) is 3.42. The minimum Gasteiger partial charge on any atom is -0.308 e. The van der Waals surface area contributed by atoms with E-state index >= 15 is 0 Å². The summed E-state index contributed by atoms with van der Waals surface area (Å²) in [7, 11) is 0. The molecular weight excluding hydrogens is 256 g/mol. The molecule has 20 heavy (non-hydrogen) atoms. The summed E-state index contributed by atoms with van der Waals surface area (Å²) in [5.41, 5.74) is 0.760. The molecule has 0 aliphatic rings. The highest BCUT2D eigenvalue weighted by Gasteiger charge is 2.09. The highest BCUT2D eigenvalue weighted by atomic mass is 16.6. The van der Waals surface area contributed by atoms with E-state index in [1.165, 1.54) is 18.2 Å². The number of aryl methyl sites for hydroxylation is 1. The molecule has 0 saturated heterocycles. The van der Waals surface area contributed by atoms with Crippen LogP contribution in [-0.4, -0.2) is 9.49 Å². The maximum atomic E-state index is 11.9. The minimum atomic E-state index is -0.421. The zero-order valence-electron chi connectivity index (χ0n) is 11.5. The molecule has 1 aromatic carbocycles. The number of non-ortho nitro benzene ring substituents is 1. The van der Waals surface area contributed by atoms with E-state index in [-0.39, 0.29) is 11.2 Å². The molecule has 0 unspecified atom stereocenters. The second-order valence-electron chi connectivity index (χ2n) is 4.88. The molecule has 0 radical (unpaired) electrons. The first-order chi connectivity index (χ1) is 9.63. The summed E-state index contributed by atoms with van der Waals surface area (Å²) in [4.78, 5) is 22.3. The molecule has 1 aromatic heterocycles. The van der Waals surface area contributed by atoms with Gasteiger partial charge in [-0.2, -0.15) is 0 Å². The predicted molar refractivity (Wildman–Crippen MR) is 79.0 cm³/mol. The Morgan fingerprint density at radius 2 is 1.95 bits per heavy atom. The maximum absolute atomic E-state index is 11.9. The fraction of sp³-hybridized carbons (Fsp3) is 0.400. The molecule has 0 aliphatic carbocycles. The Bertz CT molecular complexity index is 676. The summed E-state index contributed by atoms with van der Waals surface area (Å²) >= 11 is 0. The van der Waals surface area contributed by atoms with Crippen molar-refractivity contribution in [2.24, 2.45) is 0 Å². The van der Waals surface area contributed by atoms with E-state index in [2.05, 4.69) is 6.92 Å². The number of nitrogens with zero attached hydrogens (tertiary/aromatic N) is 2. The molecule has 5 nitrogen and oxygen atoms in total. The largest absolute Gasteiger partial charge is 0.308 e. The van der Waals surface area contributed by atoms with Crippen LogP contribution in [-0.2, 0) is 6.54 Å². The number of aromatic nitrogens is 1. The Hall–Kier alpha value is -2.17. The van der Waals surface area contributed by atoms with E-state index in [9.17, 15) is 14.9 Å². The van der Waals surface area contributed by atoms with Crippen LogP contribution in [0, 0.1) is 10.1 Å². The van der Waals surface area contributed by atoms with Crippen molar-refractivity contribution in [2.75, 3.05) is 0 Å². The van der Waals surface area contributed by atoms with Gasteiger partial charge < -0.3 is 4.57 Å². The summed E-state index contributed by atoms with van der Waals surface area (Å²) in [5.74, 6) is 0. The number of unbranched alkanes of at least 4 members (excludes halogenated alkanes) is 3. The molecule has 5 heteroatoms. The highest BCUT2D eigenvalue weighted by Crippen LogP contribution is 2.19. The van der Waals surface area contributed by atoms with E-state index in [0.717, 1.165) is 36.6 Å². The lowest BCUT2D eigenvalue weighted by Crippen LogP contribution is -2.19. The first kappa shape index (κ1) is 14.2. The smallest absolute Gasteiger partial charge is 0.270 e. The molecule has 2 rings (SSSR count). The van der Waals surface area contributed by atoms with Gasteiger partial charge in [-0.05, 0) is 18.6 Å². The summed E-state index contributed by atoms with van der Waals surface area (Å²) in [6.07, 6.45) is 4.35. The number of nitro benzene ring substituents is 1. The number of nitro groups is 1. The zero-order valence-corrected chi connectivity index (χ0v) is 11.5. The van der Waals surface area contributed by atoms with Crippen molar-refractivity contribution in [1.29, 1.82) is 0 Å². The zero-order chi connectivity index (χ0) is 14.5.